The largest absolute Gasteiger partial charge is 0.490 e. The van der Waals surface area contributed by atoms with Crippen molar-refractivity contribution >= 4 is 24.0 Å². The number of ether oxygens (including phenoxy) is 3. The van der Waals surface area contributed by atoms with Crippen LogP contribution in [0.4, 0.5) is 18.0 Å². The van der Waals surface area contributed by atoms with Crippen molar-refractivity contribution in [1.82, 2.24) is 10.2 Å². The van der Waals surface area contributed by atoms with Crippen LogP contribution in [-0.4, -0.2) is 84.2 Å². The van der Waals surface area contributed by atoms with Crippen molar-refractivity contribution in [3.05, 3.63) is 0 Å². The Balaban J connectivity index is 4.90. The van der Waals surface area contributed by atoms with Crippen molar-refractivity contribution in [1.29, 1.82) is 0 Å². The molecule has 0 aliphatic rings. The highest BCUT2D eigenvalue weighted by Gasteiger charge is 2.40. The van der Waals surface area contributed by atoms with Gasteiger partial charge in [-0.3, -0.25) is 14.5 Å². The molecule has 1 amide bonds. The van der Waals surface area contributed by atoms with Crippen LogP contribution >= 0.6 is 0 Å². The van der Waals surface area contributed by atoms with Crippen molar-refractivity contribution in [3.63, 3.8) is 0 Å². The third-order valence-corrected chi connectivity index (χ3v) is 4.17. The fraction of sp³-hybridized carbons (Fsp3) is 0.818. The Bertz CT molecular complexity index is 715. The lowest BCUT2D eigenvalue weighted by molar-refractivity contribution is -0.199. The highest BCUT2D eigenvalue weighted by molar-refractivity contribution is 5.75. The van der Waals surface area contributed by atoms with Crippen molar-refractivity contribution in [2.75, 3.05) is 32.8 Å². The topological polar surface area (TPSA) is 131 Å². The standard InChI is InChI=1S/C22H37F3N2O8/c1-20(2,3)34-16(28)14-27(12-10-26-19(32)35-21(4,5)6)11-9-15(17(29)30)8-7-13-33-18(31)22(23,24)25/h15H,7-14H2,1-6H3,(H,26,32)(H,29,30). The first-order valence-corrected chi connectivity index (χ1v) is 11.2. The Morgan fingerprint density at radius 1 is 0.914 bits per heavy atom. The Hall–Kier alpha value is -2.57. The maximum atomic E-state index is 12.3. The summed E-state index contributed by atoms with van der Waals surface area (Å²) < 4.78 is 51.0. The van der Waals surface area contributed by atoms with Crippen LogP contribution in [0.15, 0.2) is 0 Å². The normalized spacial score (nSPS) is 13.2. The lowest BCUT2D eigenvalue weighted by Crippen LogP contribution is -2.42. The second kappa shape index (κ2) is 14.1. The number of hydrogen-bond acceptors (Lipinski definition) is 8. The SMILES string of the molecule is CC(C)(C)OC(=O)CN(CCNC(=O)OC(C)(C)C)CCC(CCCOC(=O)C(F)(F)F)C(=O)O. The third-order valence-electron chi connectivity index (χ3n) is 4.17. The smallest absolute Gasteiger partial charge is 0.481 e. The minimum absolute atomic E-state index is 0.0308. The molecule has 0 saturated carbocycles. The van der Waals surface area contributed by atoms with Crippen LogP contribution in [-0.2, 0) is 28.6 Å². The van der Waals surface area contributed by atoms with Crippen LogP contribution in [0.1, 0.15) is 60.8 Å². The monoisotopic (exact) mass is 514 g/mol. The zero-order valence-corrected chi connectivity index (χ0v) is 21.1. The van der Waals surface area contributed by atoms with E-state index in [0.717, 1.165) is 0 Å². The molecule has 0 heterocycles. The molecule has 204 valence electrons. The van der Waals surface area contributed by atoms with E-state index in [4.69, 9.17) is 9.47 Å². The summed E-state index contributed by atoms with van der Waals surface area (Å²) in [5.41, 5.74) is -1.42. The average Bonchev–Trinajstić information content (AvgIpc) is 2.62. The summed E-state index contributed by atoms with van der Waals surface area (Å²) >= 11 is 0. The third kappa shape index (κ3) is 17.5. The number of nitrogens with zero attached hydrogens (tertiary/aromatic N) is 1. The number of alkyl carbamates (subject to hydrolysis) is 1. The molecule has 10 nitrogen and oxygen atoms in total. The van der Waals surface area contributed by atoms with E-state index in [1.165, 1.54) is 0 Å². The maximum Gasteiger partial charge on any atom is 0.490 e. The maximum absolute atomic E-state index is 12.3. The van der Waals surface area contributed by atoms with Gasteiger partial charge in [-0.2, -0.15) is 13.2 Å². The van der Waals surface area contributed by atoms with Gasteiger partial charge in [0.15, 0.2) is 0 Å². The summed E-state index contributed by atoms with van der Waals surface area (Å²) in [6.07, 6.45) is -5.80. The zero-order valence-electron chi connectivity index (χ0n) is 21.1. The second-order valence-corrected chi connectivity index (χ2v) is 9.89. The lowest BCUT2D eigenvalue weighted by atomic mass is 9.99. The number of hydrogen-bond donors (Lipinski definition) is 2. The number of carboxylic acid groups (broad SMARTS) is 1. The Labute approximate surface area is 203 Å². The summed E-state index contributed by atoms with van der Waals surface area (Å²) in [6, 6.07) is 0. The van der Waals surface area contributed by atoms with Crippen molar-refractivity contribution in [2.45, 2.75) is 78.2 Å². The molecule has 1 unspecified atom stereocenters. The zero-order chi connectivity index (χ0) is 27.4. The summed E-state index contributed by atoms with van der Waals surface area (Å²) in [7, 11) is 0. The first kappa shape index (κ1) is 32.4. The molecule has 0 aromatic heterocycles. The van der Waals surface area contributed by atoms with Gasteiger partial charge < -0.3 is 24.6 Å². The van der Waals surface area contributed by atoms with Crippen molar-refractivity contribution < 1.29 is 51.7 Å². The highest BCUT2D eigenvalue weighted by atomic mass is 19.4. The average molecular weight is 515 g/mol. The minimum atomic E-state index is -5.11. The van der Waals surface area contributed by atoms with Gasteiger partial charge in [0, 0.05) is 13.1 Å². The van der Waals surface area contributed by atoms with Crippen molar-refractivity contribution in [2.24, 2.45) is 5.92 Å². The lowest BCUT2D eigenvalue weighted by Gasteiger charge is -2.26. The fourth-order valence-electron chi connectivity index (χ4n) is 2.76. The predicted octanol–water partition coefficient (Wildman–Crippen LogP) is 3.13. The summed E-state index contributed by atoms with van der Waals surface area (Å²) in [4.78, 5) is 48.0. The molecule has 0 aromatic carbocycles. The first-order chi connectivity index (χ1) is 15.8. The Morgan fingerprint density at radius 3 is 1.97 bits per heavy atom. The molecular weight excluding hydrogens is 477 g/mol. The Kier molecular flexibility index (Phi) is 13.1. The number of halogens is 3. The Morgan fingerprint density at radius 2 is 1.49 bits per heavy atom. The molecule has 13 heteroatoms. The summed E-state index contributed by atoms with van der Waals surface area (Å²) in [6.45, 7) is 9.92. The van der Waals surface area contributed by atoms with Crippen LogP contribution in [0.5, 0.6) is 0 Å². The predicted molar refractivity (Wildman–Crippen MR) is 119 cm³/mol. The number of aliphatic carboxylic acids is 1. The van der Waals surface area contributed by atoms with E-state index in [-0.39, 0.29) is 45.4 Å². The van der Waals surface area contributed by atoms with Crippen LogP contribution in [0.2, 0.25) is 0 Å². The summed E-state index contributed by atoms with van der Waals surface area (Å²) in [5, 5.41) is 12.0. The van der Waals surface area contributed by atoms with Gasteiger partial charge in [-0.05, 0) is 67.3 Å². The van der Waals surface area contributed by atoms with E-state index in [2.05, 4.69) is 10.1 Å². The van der Waals surface area contributed by atoms with Gasteiger partial charge >= 0.3 is 30.2 Å². The molecule has 0 aliphatic heterocycles. The molecule has 0 spiro atoms. The minimum Gasteiger partial charge on any atom is -0.481 e. The van der Waals surface area contributed by atoms with Crippen LogP contribution in [0.3, 0.4) is 0 Å². The number of rotatable bonds is 13. The molecule has 0 fully saturated rings. The van der Waals surface area contributed by atoms with E-state index in [1.807, 2.05) is 0 Å². The molecular formula is C22H37F3N2O8. The van der Waals surface area contributed by atoms with E-state index in [0.29, 0.717) is 0 Å². The molecule has 0 aromatic rings. The molecule has 0 radical (unpaired) electrons. The number of amides is 1. The number of nitrogens with one attached hydrogen (secondary N) is 1. The quantitative estimate of drug-likeness (QED) is 0.216. The van der Waals surface area contributed by atoms with Gasteiger partial charge in [0.2, 0.25) is 0 Å². The number of carboxylic acids is 1. The number of carbonyl (C=O) groups excluding carboxylic acids is 3. The second-order valence-electron chi connectivity index (χ2n) is 9.89. The molecule has 35 heavy (non-hydrogen) atoms. The first-order valence-electron chi connectivity index (χ1n) is 11.2. The van der Waals surface area contributed by atoms with E-state index in [9.17, 15) is 37.5 Å². The van der Waals surface area contributed by atoms with E-state index < -0.39 is 53.9 Å². The molecule has 0 aliphatic carbocycles. The highest BCUT2D eigenvalue weighted by Crippen LogP contribution is 2.18. The van der Waals surface area contributed by atoms with Crippen molar-refractivity contribution in [3.8, 4) is 0 Å². The molecule has 0 saturated heterocycles. The van der Waals surface area contributed by atoms with Gasteiger partial charge in [0.1, 0.15) is 11.2 Å². The van der Waals surface area contributed by atoms with Crippen LogP contribution < -0.4 is 5.32 Å². The van der Waals surface area contributed by atoms with E-state index in [1.54, 1.807) is 46.4 Å². The van der Waals surface area contributed by atoms with E-state index >= 15 is 0 Å². The molecule has 1 atom stereocenters. The van der Waals surface area contributed by atoms with Crippen LogP contribution in [0, 0.1) is 5.92 Å². The number of esters is 2. The molecule has 0 rings (SSSR count). The number of carbonyl (C=O) groups is 4. The van der Waals surface area contributed by atoms with Gasteiger partial charge in [0.25, 0.3) is 0 Å². The van der Waals surface area contributed by atoms with Gasteiger partial charge in [-0.25, -0.2) is 9.59 Å². The summed E-state index contributed by atoms with van der Waals surface area (Å²) in [5.74, 6) is -4.98. The van der Waals surface area contributed by atoms with Gasteiger partial charge in [-0.1, -0.05) is 0 Å². The molecule has 0 bridgehead atoms. The van der Waals surface area contributed by atoms with Gasteiger partial charge in [-0.15, -0.1) is 0 Å². The van der Waals surface area contributed by atoms with Crippen LogP contribution in [0.25, 0.3) is 0 Å². The fourth-order valence-corrected chi connectivity index (χ4v) is 2.76. The van der Waals surface area contributed by atoms with Gasteiger partial charge in [0.05, 0.1) is 19.1 Å². The number of alkyl halides is 3. The molecule has 2 N–H and O–H groups in total.